The van der Waals surface area contributed by atoms with Gasteiger partial charge in [-0.2, -0.15) is 0 Å². The Morgan fingerprint density at radius 1 is 0.964 bits per heavy atom. The second-order valence-corrected chi connectivity index (χ2v) is 7.62. The lowest BCUT2D eigenvalue weighted by molar-refractivity contribution is 0.102. The number of hydrogen-bond acceptors (Lipinski definition) is 5. The Morgan fingerprint density at radius 3 is 2.57 bits per heavy atom. The van der Waals surface area contributed by atoms with E-state index in [1.54, 1.807) is 12.1 Å². The van der Waals surface area contributed by atoms with Crippen molar-refractivity contribution >= 4 is 38.8 Å². The van der Waals surface area contributed by atoms with Crippen LogP contribution < -0.4 is 10.6 Å². The monoisotopic (exact) mass is 388 g/mol. The highest BCUT2D eigenvalue weighted by atomic mass is 32.1. The minimum absolute atomic E-state index is 0.169. The van der Waals surface area contributed by atoms with Crippen LogP contribution in [0.2, 0.25) is 0 Å². The van der Waals surface area contributed by atoms with E-state index in [4.69, 9.17) is 0 Å². The summed E-state index contributed by atoms with van der Waals surface area (Å²) in [6.07, 6.45) is 0.741. The molecule has 0 saturated carbocycles. The van der Waals surface area contributed by atoms with Gasteiger partial charge >= 0.3 is 0 Å². The van der Waals surface area contributed by atoms with Gasteiger partial charge in [0.25, 0.3) is 5.91 Å². The minimum atomic E-state index is -0.169. The Balaban J connectivity index is 1.31. The van der Waals surface area contributed by atoms with Crippen molar-refractivity contribution < 1.29 is 4.79 Å². The molecule has 0 unspecified atom stereocenters. The summed E-state index contributed by atoms with van der Waals surface area (Å²) < 4.78 is 0. The topological polar surface area (TPSA) is 66.9 Å². The second-order valence-electron chi connectivity index (χ2n) is 6.56. The number of aromatic nitrogens is 2. The zero-order valence-electron chi connectivity index (χ0n) is 15.5. The number of carbonyl (C=O) groups excluding carboxylic acids is 1. The molecule has 4 aromatic rings. The van der Waals surface area contributed by atoms with Gasteiger partial charge in [-0.1, -0.05) is 59.4 Å². The number of anilines is 2. The number of fused-ring (bicyclic) bond motifs is 1. The molecule has 0 bridgehead atoms. The SMILES string of the molecule is Cc1ccc(C(=O)Nc2nnc(CCNc3ccc4ccccc4c3)s2)cc1. The molecule has 1 amide bonds. The lowest BCUT2D eigenvalue weighted by Crippen LogP contribution is -2.11. The van der Waals surface area contributed by atoms with E-state index in [0.29, 0.717) is 10.7 Å². The fourth-order valence-corrected chi connectivity index (χ4v) is 3.63. The summed E-state index contributed by atoms with van der Waals surface area (Å²) in [7, 11) is 0. The van der Waals surface area contributed by atoms with Crippen molar-refractivity contribution in [3.05, 3.63) is 82.9 Å². The normalized spacial score (nSPS) is 10.8. The number of aryl methyl sites for hydroxylation is 1. The van der Waals surface area contributed by atoms with Gasteiger partial charge in [0.2, 0.25) is 5.13 Å². The van der Waals surface area contributed by atoms with Crippen LogP contribution in [0.15, 0.2) is 66.7 Å². The summed E-state index contributed by atoms with van der Waals surface area (Å²) in [5.41, 5.74) is 2.81. The van der Waals surface area contributed by atoms with Crippen molar-refractivity contribution in [1.82, 2.24) is 10.2 Å². The van der Waals surface area contributed by atoms with Gasteiger partial charge in [-0.05, 0) is 42.0 Å². The summed E-state index contributed by atoms with van der Waals surface area (Å²) in [5, 5.41) is 18.3. The maximum absolute atomic E-state index is 12.3. The highest BCUT2D eigenvalue weighted by Crippen LogP contribution is 2.20. The van der Waals surface area contributed by atoms with Crippen LogP contribution in [0.3, 0.4) is 0 Å². The van der Waals surface area contributed by atoms with E-state index < -0.39 is 0 Å². The van der Waals surface area contributed by atoms with Crippen molar-refractivity contribution in [2.75, 3.05) is 17.2 Å². The molecule has 0 aliphatic carbocycles. The summed E-state index contributed by atoms with van der Waals surface area (Å²) in [6.45, 7) is 2.74. The lowest BCUT2D eigenvalue weighted by atomic mass is 10.1. The molecule has 140 valence electrons. The first-order valence-electron chi connectivity index (χ1n) is 9.10. The number of benzene rings is 3. The molecule has 0 aliphatic heterocycles. The molecule has 3 aromatic carbocycles. The number of rotatable bonds is 6. The summed E-state index contributed by atoms with van der Waals surface area (Å²) >= 11 is 1.40. The highest BCUT2D eigenvalue weighted by Gasteiger charge is 2.10. The molecule has 2 N–H and O–H groups in total. The van der Waals surface area contributed by atoms with Crippen LogP contribution in [0.5, 0.6) is 0 Å². The molecule has 0 atom stereocenters. The van der Waals surface area contributed by atoms with Gasteiger partial charge in [-0.3, -0.25) is 10.1 Å². The molecule has 28 heavy (non-hydrogen) atoms. The van der Waals surface area contributed by atoms with Gasteiger partial charge in [-0.15, -0.1) is 10.2 Å². The molecule has 0 radical (unpaired) electrons. The fraction of sp³-hybridized carbons (Fsp3) is 0.136. The molecule has 0 aliphatic rings. The number of carbonyl (C=O) groups is 1. The Morgan fingerprint density at radius 2 is 1.75 bits per heavy atom. The third-order valence-corrected chi connectivity index (χ3v) is 5.32. The summed E-state index contributed by atoms with van der Waals surface area (Å²) in [6, 6.07) is 22.1. The molecule has 6 heteroatoms. The first-order valence-corrected chi connectivity index (χ1v) is 9.92. The van der Waals surface area contributed by atoms with Gasteiger partial charge in [0, 0.05) is 24.2 Å². The largest absolute Gasteiger partial charge is 0.385 e. The van der Waals surface area contributed by atoms with E-state index in [0.717, 1.165) is 29.2 Å². The average Bonchev–Trinajstić information content (AvgIpc) is 3.15. The molecular formula is C22H20N4OS. The summed E-state index contributed by atoms with van der Waals surface area (Å²) in [4.78, 5) is 12.3. The van der Waals surface area contributed by atoms with Gasteiger partial charge in [0.15, 0.2) is 0 Å². The van der Waals surface area contributed by atoms with Crippen molar-refractivity contribution in [2.45, 2.75) is 13.3 Å². The molecule has 1 heterocycles. The lowest BCUT2D eigenvalue weighted by Gasteiger charge is -2.06. The van der Waals surface area contributed by atoms with Crippen molar-refractivity contribution in [1.29, 1.82) is 0 Å². The first-order chi connectivity index (χ1) is 13.7. The van der Waals surface area contributed by atoms with E-state index >= 15 is 0 Å². The van der Waals surface area contributed by atoms with Crippen LogP contribution in [-0.2, 0) is 6.42 Å². The second kappa shape index (κ2) is 8.19. The smallest absolute Gasteiger partial charge is 0.257 e. The van der Waals surface area contributed by atoms with Crippen LogP contribution in [0, 0.1) is 6.92 Å². The van der Waals surface area contributed by atoms with E-state index in [1.807, 2.05) is 31.2 Å². The summed E-state index contributed by atoms with van der Waals surface area (Å²) in [5.74, 6) is -0.169. The van der Waals surface area contributed by atoms with Gasteiger partial charge < -0.3 is 5.32 Å². The maximum atomic E-state index is 12.3. The predicted molar refractivity (Wildman–Crippen MR) is 115 cm³/mol. The molecule has 0 saturated heterocycles. The minimum Gasteiger partial charge on any atom is -0.385 e. The number of nitrogens with one attached hydrogen (secondary N) is 2. The zero-order chi connectivity index (χ0) is 19.3. The molecule has 5 nitrogen and oxygen atoms in total. The van der Waals surface area contributed by atoms with Gasteiger partial charge in [0.1, 0.15) is 5.01 Å². The third kappa shape index (κ3) is 4.35. The quantitative estimate of drug-likeness (QED) is 0.493. The number of nitrogens with zero attached hydrogens (tertiary/aromatic N) is 2. The predicted octanol–water partition coefficient (Wildman–Crippen LogP) is 4.91. The van der Waals surface area contributed by atoms with Crippen molar-refractivity contribution in [3.63, 3.8) is 0 Å². The number of amides is 1. The molecule has 4 rings (SSSR count). The molecular weight excluding hydrogens is 368 g/mol. The van der Waals surface area contributed by atoms with Crippen LogP contribution in [0.25, 0.3) is 10.8 Å². The van der Waals surface area contributed by atoms with Crippen LogP contribution >= 0.6 is 11.3 Å². The zero-order valence-corrected chi connectivity index (χ0v) is 16.3. The maximum Gasteiger partial charge on any atom is 0.257 e. The Hall–Kier alpha value is -3.25. The molecule has 0 fully saturated rings. The van der Waals surface area contributed by atoms with Gasteiger partial charge in [0.05, 0.1) is 0 Å². The van der Waals surface area contributed by atoms with E-state index in [1.165, 1.54) is 22.1 Å². The fourth-order valence-electron chi connectivity index (χ4n) is 2.89. The molecule has 0 spiro atoms. The van der Waals surface area contributed by atoms with E-state index in [9.17, 15) is 4.79 Å². The third-order valence-electron chi connectivity index (χ3n) is 4.42. The van der Waals surface area contributed by atoms with Crippen LogP contribution in [-0.4, -0.2) is 22.6 Å². The van der Waals surface area contributed by atoms with Gasteiger partial charge in [-0.25, -0.2) is 0 Å². The van der Waals surface area contributed by atoms with E-state index in [-0.39, 0.29) is 5.91 Å². The van der Waals surface area contributed by atoms with Crippen LogP contribution in [0.4, 0.5) is 10.8 Å². The number of hydrogen-bond donors (Lipinski definition) is 2. The Labute approximate surface area is 167 Å². The molecule has 1 aromatic heterocycles. The highest BCUT2D eigenvalue weighted by molar-refractivity contribution is 7.15. The average molecular weight is 388 g/mol. The first kappa shape index (κ1) is 18.1. The Bertz CT molecular complexity index is 1100. The Kier molecular flexibility index (Phi) is 5.30. The van der Waals surface area contributed by atoms with Crippen LogP contribution in [0.1, 0.15) is 20.9 Å². The van der Waals surface area contributed by atoms with E-state index in [2.05, 4.69) is 51.2 Å². The van der Waals surface area contributed by atoms with Crippen molar-refractivity contribution in [2.24, 2.45) is 0 Å². The standard InChI is InChI=1S/C22H20N4OS/c1-15-6-8-17(9-7-15)21(27)24-22-26-25-20(28-22)12-13-23-19-11-10-16-4-2-3-5-18(16)14-19/h2-11,14,23H,12-13H2,1H3,(H,24,26,27). The van der Waals surface area contributed by atoms with Crippen molar-refractivity contribution in [3.8, 4) is 0 Å².